The molecule has 31 heavy (non-hydrogen) atoms. The van der Waals surface area contributed by atoms with Crippen molar-refractivity contribution in [3.63, 3.8) is 0 Å². The van der Waals surface area contributed by atoms with Crippen LogP contribution in [0, 0.1) is 0 Å². The third-order valence-corrected chi connectivity index (χ3v) is 6.38. The Hall–Kier alpha value is -2.58. The Labute approximate surface area is 189 Å². The van der Waals surface area contributed by atoms with Crippen LogP contribution in [0.25, 0.3) is 0 Å². The van der Waals surface area contributed by atoms with E-state index in [9.17, 15) is 18.0 Å². The molecule has 0 heterocycles. The number of nitrogens with zero attached hydrogens (tertiary/aromatic N) is 2. The summed E-state index contributed by atoms with van der Waals surface area (Å²) in [6, 6.07) is 13.1. The smallest absolute Gasteiger partial charge is 0.244 e. The van der Waals surface area contributed by atoms with E-state index in [1.165, 1.54) is 11.9 Å². The lowest BCUT2D eigenvalue weighted by molar-refractivity contribution is -0.139. The number of likely N-dealkylation sites (N-methyl/N-ethyl adjacent to an activating group) is 1. The number of hydrogen-bond donors (Lipinski definition) is 1. The number of nitrogens with one attached hydrogen (secondary N) is 1. The van der Waals surface area contributed by atoms with Gasteiger partial charge < -0.3 is 10.2 Å². The van der Waals surface area contributed by atoms with Gasteiger partial charge in [0.15, 0.2) is 0 Å². The highest BCUT2D eigenvalue weighted by molar-refractivity contribution is 7.92. The van der Waals surface area contributed by atoms with Crippen molar-refractivity contribution < 1.29 is 18.0 Å². The zero-order chi connectivity index (χ0) is 23.2. The maximum Gasteiger partial charge on any atom is 0.244 e. The van der Waals surface area contributed by atoms with Gasteiger partial charge in [-0.15, -0.1) is 0 Å². The number of amides is 2. The lowest BCUT2D eigenvalue weighted by atomic mass is 10.1. The fourth-order valence-electron chi connectivity index (χ4n) is 3.09. The van der Waals surface area contributed by atoms with Crippen LogP contribution in [0.15, 0.2) is 48.5 Å². The van der Waals surface area contributed by atoms with Crippen molar-refractivity contribution in [2.24, 2.45) is 0 Å². The summed E-state index contributed by atoms with van der Waals surface area (Å²) < 4.78 is 26.0. The number of anilines is 1. The van der Waals surface area contributed by atoms with Crippen LogP contribution in [0.2, 0.25) is 5.02 Å². The largest absolute Gasteiger partial charge is 0.357 e. The van der Waals surface area contributed by atoms with E-state index in [4.69, 9.17) is 11.6 Å². The zero-order valence-corrected chi connectivity index (χ0v) is 19.7. The molecular weight excluding hydrogens is 438 g/mol. The lowest BCUT2D eigenvalue weighted by Crippen LogP contribution is -2.50. The Morgan fingerprint density at radius 1 is 1.03 bits per heavy atom. The molecule has 2 rings (SSSR count). The van der Waals surface area contributed by atoms with Crippen LogP contribution in [0.5, 0.6) is 0 Å². The summed E-state index contributed by atoms with van der Waals surface area (Å²) in [5, 5.41) is 3.09. The average molecular weight is 466 g/mol. The molecule has 1 N–H and O–H groups in total. The van der Waals surface area contributed by atoms with Crippen molar-refractivity contribution in [1.29, 1.82) is 0 Å². The Morgan fingerprint density at radius 2 is 1.58 bits per heavy atom. The van der Waals surface area contributed by atoms with E-state index in [-0.39, 0.29) is 12.5 Å². The molecule has 0 spiro atoms. The number of hydrogen-bond acceptors (Lipinski definition) is 4. The second-order valence-electron chi connectivity index (χ2n) is 7.23. The molecule has 0 fully saturated rings. The minimum atomic E-state index is -3.73. The number of aryl methyl sites for hydroxylation is 1. The van der Waals surface area contributed by atoms with Crippen LogP contribution in [-0.2, 0) is 32.6 Å². The van der Waals surface area contributed by atoms with E-state index in [0.717, 1.165) is 28.1 Å². The molecule has 0 saturated carbocycles. The van der Waals surface area contributed by atoms with Crippen LogP contribution in [0.3, 0.4) is 0 Å². The number of rotatable bonds is 9. The first kappa shape index (κ1) is 24.7. The molecule has 2 amide bonds. The van der Waals surface area contributed by atoms with Gasteiger partial charge in [-0.05, 0) is 48.7 Å². The van der Waals surface area contributed by atoms with Crippen LogP contribution in [0.4, 0.5) is 5.69 Å². The average Bonchev–Trinajstić information content (AvgIpc) is 2.75. The van der Waals surface area contributed by atoms with Crippen molar-refractivity contribution in [1.82, 2.24) is 10.2 Å². The molecule has 0 radical (unpaired) electrons. The van der Waals surface area contributed by atoms with Gasteiger partial charge in [-0.3, -0.25) is 13.9 Å². The predicted octanol–water partition coefficient (Wildman–Crippen LogP) is 2.83. The van der Waals surface area contributed by atoms with Crippen molar-refractivity contribution in [2.75, 3.05) is 24.2 Å². The summed E-state index contributed by atoms with van der Waals surface area (Å²) in [6.45, 7) is 3.32. The molecule has 9 heteroatoms. The van der Waals surface area contributed by atoms with Gasteiger partial charge in [-0.1, -0.05) is 42.8 Å². The minimum absolute atomic E-state index is 0.136. The van der Waals surface area contributed by atoms with Gasteiger partial charge in [0.1, 0.15) is 12.6 Å². The number of benzene rings is 2. The fraction of sp³-hybridized carbons (Fsp3) is 0.364. The molecule has 168 valence electrons. The lowest BCUT2D eigenvalue weighted by Gasteiger charge is -2.31. The van der Waals surface area contributed by atoms with Crippen molar-refractivity contribution in [3.8, 4) is 0 Å². The summed E-state index contributed by atoms with van der Waals surface area (Å²) >= 11 is 5.94. The van der Waals surface area contributed by atoms with Gasteiger partial charge in [0.05, 0.1) is 11.9 Å². The third kappa shape index (κ3) is 6.70. The van der Waals surface area contributed by atoms with E-state index >= 15 is 0 Å². The quantitative estimate of drug-likeness (QED) is 0.617. The van der Waals surface area contributed by atoms with E-state index in [0.29, 0.717) is 10.7 Å². The zero-order valence-electron chi connectivity index (χ0n) is 18.1. The molecule has 0 saturated heterocycles. The summed E-state index contributed by atoms with van der Waals surface area (Å²) in [5.74, 6) is -0.837. The number of carbonyl (C=O) groups is 2. The molecule has 2 aromatic carbocycles. The molecule has 0 aromatic heterocycles. The molecule has 1 atom stereocenters. The van der Waals surface area contributed by atoms with E-state index < -0.39 is 28.5 Å². The van der Waals surface area contributed by atoms with Gasteiger partial charge in [-0.2, -0.15) is 0 Å². The molecule has 2 aromatic rings. The van der Waals surface area contributed by atoms with Gasteiger partial charge in [0, 0.05) is 18.6 Å². The highest BCUT2D eigenvalue weighted by Crippen LogP contribution is 2.20. The van der Waals surface area contributed by atoms with Crippen molar-refractivity contribution in [2.45, 2.75) is 32.9 Å². The molecule has 7 nitrogen and oxygen atoms in total. The maximum atomic E-state index is 13.2. The number of halogens is 1. The third-order valence-electron chi connectivity index (χ3n) is 4.99. The molecule has 0 aliphatic carbocycles. The molecule has 0 bridgehead atoms. The standard InChI is InChI=1S/C22H28ClN3O4S/c1-5-17-8-12-20(13-9-17)26(31(4,29)30)15-21(27)25(16(2)22(28)24-3)14-18-6-10-19(23)11-7-18/h6-13,16H,5,14-15H2,1-4H3,(H,24,28). The van der Waals surface area contributed by atoms with Crippen LogP contribution >= 0.6 is 11.6 Å². The maximum absolute atomic E-state index is 13.2. The first-order valence-electron chi connectivity index (χ1n) is 9.89. The van der Waals surface area contributed by atoms with Crippen LogP contribution in [0.1, 0.15) is 25.0 Å². The highest BCUT2D eigenvalue weighted by atomic mass is 35.5. The Morgan fingerprint density at radius 3 is 2.06 bits per heavy atom. The van der Waals surface area contributed by atoms with Gasteiger partial charge >= 0.3 is 0 Å². The molecular formula is C22H28ClN3O4S. The Kier molecular flexibility index (Phi) is 8.47. The molecule has 0 aliphatic heterocycles. The topological polar surface area (TPSA) is 86.8 Å². The van der Waals surface area contributed by atoms with E-state index in [1.54, 1.807) is 43.3 Å². The summed E-state index contributed by atoms with van der Waals surface area (Å²) in [6.07, 6.45) is 1.87. The second-order valence-corrected chi connectivity index (χ2v) is 9.57. The Bertz CT molecular complexity index is 1010. The van der Waals surface area contributed by atoms with Gasteiger partial charge in [0.25, 0.3) is 0 Å². The normalized spacial score (nSPS) is 12.2. The summed E-state index contributed by atoms with van der Waals surface area (Å²) in [4.78, 5) is 26.9. The van der Waals surface area contributed by atoms with Crippen LogP contribution < -0.4 is 9.62 Å². The second kappa shape index (κ2) is 10.6. The fourth-order valence-corrected chi connectivity index (χ4v) is 4.07. The minimum Gasteiger partial charge on any atom is -0.357 e. The van der Waals surface area contributed by atoms with E-state index in [2.05, 4.69) is 5.32 Å². The number of carbonyl (C=O) groups excluding carboxylic acids is 2. The van der Waals surface area contributed by atoms with Crippen LogP contribution in [-0.4, -0.2) is 51.0 Å². The summed E-state index contributed by atoms with van der Waals surface area (Å²) in [5.41, 5.74) is 2.22. The van der Waals surface area contributed by atoms with Crippen molar-refractivity contribution >= 4 is 39.1 Å². The van der Waals surface area contributed by atoms with Gasteiger partial charge in [-0.25, -0.2) is 8.42 Å². The highest BCUT2D eigenvalue weighted by Gasteiger charge is 2.29. The summed E-state index contributed by atoms with van der Waals surface area (Å²) in [7, 11) is -2.24. The predicted molar refractivity (Wildman–Crippen MR) is 124 cm³/mol. The first-order valence-corrected chi connectivity index (χ1v) is 12.1. The van der Waals surface area contributed by atoms with Gasteiger partial charge in [0.2, 0.25) is 21.8 Å². The number of sulfonamides is 1. The monoisotopic (exact) mass is 465 g/mol. The van der Waals surface area contributed by atoms with E-state index in [1.807, 2.05) is 19.1 Å². The first-order chi connectivity index (χ1) is 14.6. The SMILES string of the molecule is CCc1ccc(N(CC(=O)N(Cc2ccc(Cl)cc2)C(C)C(=O)NC)S(C)(=O)=O)cc1. The van der Waals surface area contributed by atoms with Crippen molar-refractivity contribution in [3.05, 3.63) is 64.7 Å². The molecule has 1 unspecified atom stereocenters. The Balaban J connectivity index is 2.35. The molecule has 0 aliphatic rings.